The number of anilines is 1. The fourth-order valence-corrected chi connectivity index (χ4v) is 5.88. The van der Waals surface area contributed by atoms with E-state index in [4.69, 9.17) is 21.1 Å². The first kappa shape index (κ1) is 24.8. The summed E-state index contributed by atoms with van der Waals surface area (Å²) in [6.45, 7) is 8.90. The SMILES string of the molecule is COc1cc(N2CCN3[C@@H](CCC[C@@H]3c3ccc(OCCCn4cnnn4)c(C)c3C)C2)ccc1Cl. The van der Waals surface area contributed by atoms with Crippen LogP contribution in [0.5, 0.6) is 11.5 Å². The molecule has 5 rings (SSSR count). The van der Waals surface area contributed by atoms with Gasteiger partial charge in [-0.05, 0) is 78.4 Å². The fourth-order valence-electron chi connectivity index (χ4n) is 5.69. The van der Waals surface area contributed by atoms with Gasteiger partial charge in [-0.3, -0.25) is 4.90 Å². The summed E-state index contributed by atoms with van der Waals surface area (Å²) in [5.74, 6) is 1.71. The minimum absolute atomic E-state index is 0.457. The highest BCUT2D eigenvalue weighted by molar-refractivity contribution is 6.32. The van der Waals surface area contributed by atoms with Crippen LogP contribution in [-0.2, 0) is 6.54 Å². The van der Waals surface area contributed by atoms with Crippen LogP contribution in [0.2, 0.25) is 5.02 Å². The quantitative estimate of drug-likeness (QED) is 0.402. The summed E-state index contributed by atoms with van der Waals surface area (Å²) in [7, 11) is 1.67. The zero-order valence-corrected chi connectivity index (χ0v) is 22.1. The third-order valence-corrected chi connectivity index (χ3v) is 8.07. The summed E-state index contributed by atoms with van der Waals surface area (Å²) < 4.78 is 13.3. The predicted molar refractivity (Wildman–Crippen MR) is 141 cm³/mol. The molecule has 2 saturated heterocycles. The number of methoxy groups -OCH3 is 1. The molecule has 0 unspecified atom stereocenters. The van der Waals surface area contributed by atoms with E-state index in [2.05, 4.69) is 63.4 Å². The molecular weight excluding hydrogens is 476 g/mol. The normalized spacial score (nSPS) is 20.3. The molecule has 0 N–H and O–H groups in total. The first-order chi connectivity index (χ1) is 17.5. The number of aryl methyl sites for hydroxylation is 1. The van der Waals surface area contributed by atoms with Gasteiger partial charge < -0.3 is 14.4 Å². The van der Waals surface area contributed by atoms with Gasteiger partial charge in [-0.25, -0.2) is 4.68 Å². The molecule has 8 nitrogen and oxygen atoms in total. The third kappa shape index (κ3) is 5.15. The lowest BCUT2D eigenvalue weighted by molar-refractivity contribution is 0.0712. The monoisotopic (exact) mass is 510 g/mol. The number of piperazine rings is 1. The number of benzene rings is 2. The summed E-state index contributed by atoms with van der Waals surface area (Å²) in [6, 6.07) is 11.6. The molecule has 2 aliphatic heterocycles. The number of hydrogen-bond acceptors (Lipinski definition) is 7. The molecule has 0 bridgehead atoms. The Hall–Kier alpha value is -2.84. The molecule has 0 saturated carbocycles. The maximum absolute atomic E-state index is 6.26. The second-order valence-electron chi connectivity index (χ2n) is 9.78. The van der Waals surface area contributed by atoms with Crippen LogP contribution in [0.1, 0.15) is 48.4 Å². The average molecular weight is 511 g/mol. The molecule has 0 spiro atoms. The van der Waals surface area contributed by atoms with E-state index in [1.54, 1.807) is 18.1 Å². The number of piperidine rings is 1. The minimum Gasteiger partial charge on any atom is -0.495 e. The average Bonchev–Trinajstić information content (AvgIpc) is 3.42. The molecule has 0 amide bonds. The maximum Gasteiger partial charge on any atom is 0.139 e. The molecule has 0 radical (unpaired) electrons. The molecule has 192 valence electrons. The van der Waals surface area contributed by atoms with Crippen molar-refractivity contribution in [3.8, 4) is 11.5 Å². The molecular formula is C27H35ClN6O2. The van der Waals surface area contributed by atoms with Crippen molar-refractivity contribution >= 4 is 17.3 Å². The third-order valence-electron chi connectivity index (χ3n) is 7.76. The highest BCUT2D eigenvalue weighted by Gasteiger charge is 2.36. The number of rotatable bonds is 8. The zero-order valence-electron chi connectivity index (χ0n) is 21.4. The van der Waals surface area contributed by atoms with Crippen molar-refractivity contribution in [2.45, 2.75) is 58.2 Å². The number of halogens is 1. The molecule has 0 aliphatic carbocycles. The molecule has 2 aliphatic rings. The van der Waals surface area contributed by atoms with Crippen LogP contribution >= 0.6 is 11.6 Å². The highest BCUT2D eigenvalue weighted by atomic mass is 35.5. The summed E-state index contributed by atoms with van der Waals surface area (Å²) in [5, 5.41) is 11.9. The van der Waals surface area contributed by atoms with Gasteiger partial charge in [-0.15, -0.1) is 5.10 Å². The van der Waals surface area contributed by atoms with Crippen molar-refractivity contribution in [3.05, 3.63) is 58.4 Å². The van der Waals surface area contributed by atoms with E-state index in [-0.39, 0.29) is 0 Å². The topological polar surface area (TPSA) is 68.5 Å². The number of ether oxygens (including phenoxy) is 2. The Morgan fingerprint density at radius 1 is 1.06 bits per heavy atom. The van der Waals surface area contributed by atoms with Gasteiger partial charge >= 0.3 is 0 Å². The summed E-state index contributed by atoms with van der Waals surface area (Å²) >= 11 is 6.26. The fraction of sp³-hybridized carbons (Fsp3) is 0.519. The molecule has 1 aromatic heterocycles. The largest absolute Gasteiger partial charge is 0.495 e. The van der Waals surface area contributed by atoms with Crippen LogP contribution in [0, 0.1) is 13.8 Å². The summed E-state index contributed by atoms with van der Waals surface area (Å²) in [5.41, 5.74) is 5.22. The number of aromatic nitrogens is 4. The molecule has 2 fully saturated rings. The van der Waals surface area contributed by atoms with E-state index in [1.807, 2.05) is 6.07 Å². The lowest BCUT2D eigenvalue weighted by atomic mass is 9.86. The first-order valence-corrected chi connectivity index (χ1v) is 13.2. The molecule has 2 aromatic carbocycles. The Kier molecular flexibility index (Phi) is 7.62. The van der Waals surface area contributed by atoms with E-state index in [1.165, 1.54) is 41.6 Å². The van der Waals surface area contributed by atoms with Gasteiger partial charge in [0, 0.05) is 56.4 Å². The van der Waals surface area contributed by atoms with Crippen molar-refractivity contribution < 1.29 is 9.47 Å². The maximum atomic E-state index is 6.26. The number of hydrogen-bond donors (Lipinski definition) is 0. The van der Waals surface area contributed by atoms with Crippen molar-refractivity contribution in [2.24, 2.45) is 0 Å². The van der Waals surface area contributed by atoms with E-state index >= 15 is 0 Å². The van der Waals surface area contributed by atoms with E-state index in [0.29, 0.717) is 23.7 Å². The lowest BCUT2D eigenvalue weighted by Gasteiger charge is -2.49. The van der Waals surface area contributed by atoms with E-state index in [9.17, 15) is 0 Å². The number of tetrazole rings is 1. The van der Waals surface area contributed by atoms with Gasteiger partial charge in [0.25, 0.3) is 0 Å². The molecule has 9 heteroatoms. The van der Waals surface area contributed by atoms with Gasteiger partial charge in [0.2, 0.25) is 0 Å². The minimum atomic E-state index is 0.457. The second kappa shape index (κ2) is 11.0. The van der Waals surface area contributed by atoms with Gasteiger partial charge in [0.05, 0.1) is 18.7 Å². The van der Waals surface area contributed by atoms with Crippen LogP contribution in [0.25, 0.3) is 0 Å². The standard InChI is InChI=1S/C27H35ClN6O2/c1-19-20(2)26(36-15-5-12-33-18-29-30-31-33)11-9-23(19)25-7-4-6-22-17-32(13-14-34(22)25)21-8-10-24(28)27(16-21)35-3/h8-11,16,18,22,25H,4-7,12-15,17H2,1-3H3/t22-,25+/m0/s1. The van der Waals surface area contributed by atoms with Gasteiger partial charge in [-0.2, -0.15) is 0 Å². The van der Waals surface area contributed by atoms with Crippen LogP contribution < -0.4 is 14.4 Å². The number of fused-ring (bicyclic) bond motifs is 1. The molecule has 3 heterocycles. The lowest BCUT2D eigenvalue weighted by Crippen LogP contribution is -2.56. The van der Waals surface area contributed by atoms with Crippen molar-refractivity contribution in [1.29, 1.82) is 0 Å². The molecule has 36 heavy (non-hydrogen) atoms. The van der Waals surface area contributed by atoms with Gasteiger partial charge in [0.15, 0.2) is 0 Å². The van der Waals surface area contributed by atoms with Crippen LogP contribution in [-0.4, -0.2) is 64.5 Å². The van der Waals surface area contributed by atoms with E-state index in [0.717, 1.165) is 44.1 Å². The van der Waals surface area contributed by atoms with Gasteiger partial charge in [0.1, 0.15) is 17.8 Å². The van der Waals surface area contributed by atoms with Crippen molar-refractivity contribution in [1.82, 2.24) is 25.1 Å². The smallest absolute Gasteiger partial charge is 0.139 e. The second-order valence-corrected chi connectivity index (χ2v) is 10.2. The Morgan fingerprint density at radius 2 is 1.94 bits per heavy atom. The van der Waals surface area contributed by atoms with Crippen LogP contribution in [0.15, 0.2) is 36.7 Å². The summed E-state index contributed by atoms with van der Waals surface area (Å²) in [4.78, 5) is 5.22. The highest BCUT2D eigenvalue weighted by Crippen LogP contribution is 2.40. The van der Waals surface area contributed by atoms with Crippen molar-refractivity contribution in [2.75, 3.05) is 38.3 Å². The Bertz CT molecular complexity index is 1170. The predicted octanol–water partition coefficient (Wildman–Crippen LogP) is 4.84. The summed E-state index contributed by atoms with van der Waals surface area (Å²) in [6.07, 6.45) is 6.18. The van der Waals surface area contributed by atoms with Crippen LogP contribution in [0.3, 0.4) is 0 Å². The first-order valence-electron chi connectivity index (χ1n) is 12.8. The van der Waals surface area contributed by atoms with Crippen molar-refractivity contribution in [3.63, 3.8) is 0 Å². The Labute approximate surface area is 218 Å². The molecule has 3 aromatic rings. The Morgan fingerprint density at radius 3 is 2.75 bits per heavy atom. The van der Waals surface area contributed by atoms with E-state index < -0.39 is 0 Å². The Balaban J connectivity index is 1.25. The number of nitrogens with zero attached hydrogens (tertiary/aromatic N) is 6. The zero-order chi connectivity index (χ0) is 25.1. The van der Waals surface area contributed by atoms with Crippen LogP contribution in [0.4, 0.5) is 5.69 Å². The van der Waals surface area contributed by atoms with Gasteiger partial charge in [-0.1, -0.05) is 17.7 Å². The molecule has 2 atom stereocenters.